The Morgan fingerprint density at radius 2 is 0.542 bits per heavy atom. The first-order chi connectivity index (χ1) is 40.4. The summed E-state index contributed by atoms with van der Waals surface area (Å²) in [5, 5.41) is 4.85. The molecule has 3 aliphatic carbocycles. The molecule has 0 aliphatic heterocycles. The molecule has 12 aromatic rings. The third-order valence-electron chi connectivity index (χ3n) is 18.3. The zero-order valence-corrected chi connectivity index (χ0v) is 47.7. The van der Waals surface area contributed by atoms with Gasteiger partial charge in [0.05, 0.1) is 0 Å². The zero-order chi connectivity index (χ0) is 56.2. The molecule has 0 unspecified atom stereocenters. The van der Waals surface area contributed by atoms with Crippen molar-refractivity contribution in [2.45, 2.75) is 57.8 Å². The molecule has 0 fully saturated rings. The van der Waals surface area contributed by atoms with Crippen LogP contribution < -0.4 is 9.80 Å². The predicted octanol–water partition coefficient (Wildman–Crippen LogP) is 21.0. The van der Waals surface area contributed by atoms with Crippen LogP contribution >= 0.6 is 0 Å². The normalized spacial score (nSPS) is 14.6. The first-order valence-corrected chi connectivity index (χ1v) is 29.0. The van der Waals surface area contributed by atoms with E-state index < -0.39 is 0 Å². The summed E-state index contributed by atoms with van der Waals surface area (Å²) in [6.07, 6.45) is 12.9. The van der Waals surface area contributed by atoms with Crippen LogP contribution in [0.25, 0.3) is 79.2 Å². The minimum Gasteiger partial charge on any atom is -0.295 e. The molecule has 0 saturated carbocycles. The SMILES string of the molecule is CC1(C)c2cc(/C=C/c3ccc4c(c3)C(C)(C)c3cc(N(c5ccc6ccccc6c5)c5ccccn5)ccc3-4)ccc2-c2ccc(/C=C/c3ccc4c(c3)C(C)(C)c3cc(N(c5ccc6ccccc6c5)c5ccccn5)ccc3-4)cc21. The number of rotatable bonds is 10. The zero-order valence-electron chi connectivity index (χ0n) is 47.7. The largest absolute Gasteiger partial charge is 0.295 e. The summed E-state index contributed by atoms with van der Waals surface area (Å²) >= 11 is 0. The van der Waals surface area contributed by atoms with Crippen LogP contribution in [0.1, 0.15) is 97.2 Å². The second kappa shape index (κ2) is 19.1. The van der Waals surface area contributed by atoms with Gasteiger partial charge in [0.2, 0.25) is 0 Å². The highest BCUT2D eigenvalue weighted by Gasteiger charge is 2.39. The fourth-order valence-corrected chi connectivity index (χ4v) is 13.8. The molecule has 4 nitrogen and oxygen atoms in total. The lowest BCUT2D eigenvalue weighted by Crippen LogP contribution is -2.17. The maximum atomic E-state index is 4.85. The smallest absolute Gasteiger partial charge is 0.137 e. The lowest BCUT2D eigenvalue weighted by Gasteiger charge is -2.27. The average molecular weight is 1070 g/mol. The summed E-state index contributed by atoms with van der Waals surface area (Å²) < 4.78 is 0. The van der Waals surface area contributed by atoms with Gasteiger partial charge in [-0.1, -0.05) is 224 Å². The Balaban J connectivity index is 0.665. The van der Waals surface area contributed by atoms with Gasteiger partial charge in [-0.3, -0.25) is 9.80 Å². The molecular formula is C79H62N4. The van der Waals surface area contributed by atoms with Gasteiger partial charge in [-0.05, 0) is 183 Å². The quantitative estimate of drug-likeness (QED) is 0.128. The van der Waals surface area contributed by atoms with Crippen LogP contribution in [0.2, 0.25) is 0 Å². The van der Waals surface area contributed by atoms with Crippen molar-refractivity contribution in [3.05, 3.63) is 299 Å². The van der Waals surface area contributed by atoms with E-state index in [9.17, 15) is 0 Å². The Labute approximate surface area is 487 Å². The van der Waals surface area contributed by atoms with E-state index in [0.29, 0.717) is 0 Å². The summed E-state index contributed by atoms with van der Waals surface area (Å²) in [7, 11) is 0. The topological polar surface area (TPSA) is 32.3 Å². The number of benzene rings is 10. The van der Waals surface area contributed by atoms with E-state index >= 15 is 0 Å². The third kappa shape index (κ3) is 8.34. The highest BCUT2D eigenvalue weighted by atomic mass is 15.2. The molecule has 0 N–H and O–H groups in total. The lowest BCUT2D eigenvalue weighted by molar-refractivity contribution is 0.660. The first-order valence-electron chi connectivity index (χ1n) is 29.0. The van der Waals surface area contributed by atoms with Crippen molar-refractivity contribution in [3.63, 3.8) is 0 Å². The van der Waals surface area contributed by atoms with Crippen LogP contribution in [-0.4, -0.2) is 9.97 Å². The minimum atomic E-state index is -0.207. The number of nitrogens with zero attached hydrogens (tertiary/aromatic N) is 4. The van der Waals surface area contributed by atoms with E-state index in [2.05, 4.69) is 294 Å². The maximum absolute atomic E-state index is 4.85. The summed E-state index contributed by atoms with van der Waals surface area (Å²) in [6.45, 7) is 14.2. The van der Waals surface area contributed by atoms with Gasteiger partial charge in [0.15, 0.2) is 0 Å². The van der Waals surface area contributed by atoms with E-state index in [1.54, 1.807) is 0 Å². The third-order valence-corrected chi connectivity index (χ3v) is 18.3. The molecule has 0 saturated heterocycles. The van der Waals surface area contributed by atoms with Crippen molar-refractivity contribution in [3.8, 4) is 33.4 Å². The second-order valence-corrected chi connectivity index (χ2v) is 24.3. The number of anilines is 6. The fraction of sp³-hybridized carbons (Fsp3) is 0.114. The van der Waals surface area contributed by atoms with E-state index in [4.69, 9.17) is 9.97 Å². The average Bonchev–Trinajstić information content (AvgIpc) is 3.33. The number of hydrogen-bond acceptors (Lipinski definition) is 4. The van der Waals surface area contributed by atoms with E-state index in [0.717, 1.165) is 34.4 Å². The molecule has 2 aromatic heterocycles. The van der Waals surface area contributed by atoms with Crippen LogP contribution in [0.3, 0.4) is 0 Å². The molecule has 10 aromatic carbocycles. The highest BCUT2D eigenvalue weighted by molar-refractivity contribution is 5.93. The molecule has 83 heavy (non-hydrogen) atoms. The Morgan fingerprint density at radius 3 is 0.867 bits per heavy atom. The van der Waals surface area contributed by atoms with Crippen LogP contribution in [-0.2, 0) is 16.2 Å². The van der Waals surface area contributed by atoms with Gasteiger partial charge in [0, 0.05) is 51.4 Å². The van der Waals surface area contributed by atoms with Crippen LogP contribution in [0.15, 0.2) is 243 Å². The van der Waals surface area contributed by atoms with Crippen LogP contribution in [0.5, 0.6) is 0 Å². The molecule has 15 rings (SSSR count). The predicted molar refractivity (Wildman–Crippen MR) is 350 cm³/mol. The molecule has 0 amide bonds. The van der Waals surface area contributed by atoms with Crippen molar-refractivity contribution in [1.29, 1.82) is 0 Å². The summed E-state index contributed by atoms with van der Waals surface area (Å²) in [5.41, 5.74) is 24.5. The van der Waals surface area contributed by atoms with Gasteiger partial charge in [0.1, 0.15) is 11.6 Å². The van der Waals surface area contributed by atoms with E-state index in [-0.39, 0.29) is 16.2 Å². The minimum absolute atomic E-state index is 0.163. The molecule has 0 bridgehead atoms. The van der Waals surface area contributed by atoms with Crippen molar-refractivity contribution in [1.82, 2.24) is 9.97 Å². The van der Waals surface area contributed by atoms with Crippen molar-refractivity contribution < 1.29 is 0 Å². The maximum Gasteiger partial charge on any atom is 0.137 e. The van der Waals surface area contributed by atoms with Crippen LogP contribution in [0.4, 0.5) is 34.4 Å². The van der Waals surface area contributed by atoms with Gasteiger partial charge < -0.3 is 0 Å². The molecule has 0 spiro atoms. The van der Waals surface area contributed by atoms with Gasteiger partial charge >= 0.3 is 0 Å². The Kier molecular flexibility index (Phi) is 11.5. The molecule has 0 radical (unpaired) electrons. The Bertz CT molecular complexity index is 4360. The summed E-state index contributed by atoms with van der Waals surface area (Å²) in [5.74, 6) is 1.78. The van der Waals surface area contributed by atoms with Gasteiger partial charge in [-0.2, -0.15) is 0 Å². The van der Waals surface area contributed by atoms with Gasteiger partial charge in [-0.15, -0.1) is 0 Å². The van der Waals surface area contributed by atoms with Gasteiger partial charge in [-0.25, -0.2) is 9.97 Å². The Hall–Kier alpha value is -9.90. The second-order valence-electron chi connectivity index (χ2n) is 24.3. The van der Waals surface area contributed by atoms with Crippen molar-refractivity contribution >= 4 is 80.2 Å². The number of fused-ring (bicyclic) bond motifs is 11. The molecule has 398 valence electrons. The lowest BCUT2D eigenvalue weighted by atomic mass is 9.81. The standard InChI is InChI=1S/C79H62N4/c1-77(2)69-43-51(21-23-53-27-37-65-67-39-33-61(49-73(67)78(3,4)71(65)45-53)82(75-19-11-13-41-80-75)59-31-29-55-15-7-9-17-57(55)47-59)25-35-63(69)64-36-26-52(44-70(64)77)22-24-54-28-38-66-68-40-34-62(50-74(68)79(5,6)72(66)46-54)83(76-20-12-14-42-81-76)60-32-30-56-16-8-10-18-58(56)48-60/h7-50H,1-6H3/b23-21+,24-22+. The van der Waals surface area contributed by atoms with E-state index in [1.807, 2.05) is 24.5 Å². The van der Waals surface area contributed by atoms with Crippen LogP contribution in [0, 0.1) is 0 Å². The summed E-state index contributed by atoms with van der Waals surface area (Å²) in [4.78, 5) is 14.3. The molecule has 3 aliphatic rings. The Morgan fingerprint density at radius 1 is 0.265 bits per heavy atom. The molecule has 2 heterocycles. The summed E-state index contributed by atoms with van der Waals surface area (Å²) in [6, 6.07) is 84.6. The first kappa shape index (κ1) is 50.1. The fourth-order valence-electron chi connectivity index (χ4n) is 13.8. The number of hydrogen-bond donors (Lipinski definition) is 0. The van der Waals surface area contributed by atoms with E-state index in [1.165, 1.54) is 111 Å². The number of pyridine rings is 2. The van der Waals surface area contributed by atoms with Gasteiger partial charge in [0.25, 0.3) is 0 Å². The molecule has 0 atom stereocenters. The number of aromatic nitrogens is 2. The molecular weight excluding hydrogens is 1000 g/mol. The van der Waals surface area contributed by atoms with Crippen molar-refractivity contribution in [2.75, 3.05) is 9.80 Å². The molecule has 4 heteroatoms. The highest BCUT2D eigenvalue weighted by Crippen LogP contribution is 2.54. The monoisotopic (exact) mass is 1070 g/mol. The van der Waals surface area contributed by atoms with Crippen molar-refractivity contribution in [2.24, 2.45) is 0 Å².